The molecular weight excluding hydrogens is 376 g/mol. The number of rotatable bonds is 5. The summed E-state index contributed by atoms with van der Waals surface area (Å²) >= 11 is 3.48. The van der Waals surface area contributed by atoms with Gasteiger partial charge in [0, 0.05) is 28.5 Å². The number of anilines is 3. The minimum Gasteiger partial charge on any atom is -0.366 e. The summed E-state index contributed by atoms with van der Waals surface area (Å²) in [5, 5.41) is 6.68. The fraction of sp³-hybridized carbons (Fsp3) is 0.200. The van der Waals surface area contributed by atoms with Crippen molar-refractivity contribution in [2.45, 2.75) is 27.3 Å². The third-order valence-electron chi connectivity index (χ3n) is 3.88. The Balaban J connectivity index is 1.74. The first kappa shape index (κ1) is 17.4. The van der Waals surface area contributed by atoms with Crippen LogP contribution in [-0.4, -0.2) is 9.97 Å². The second-order valence-corrected chi connectivity index (χ2v) is 7.06. The number of aryl methyl sites for hydroxylation is 3. The monoisotopic (exact) mass is 396 g/mol. The Morgan fingerprint density at radius 1 is 0.920 bits per heavy atom. The molecule has 0 bridgehead atoms. The van der Waals surface area contributed by atoms with Gasteiger partial charge in [-0.25, -0.2) is 4.98 Å². The normalized spacial score (nSPS) is 10.6. The van der Waals surface area contributed by atoms with Gasteiger partial charge in [-0.2, -0.15) is 4.98 Å². The SMILES string of the molecule is Cc1ccc(CNc2cc(C)nc(Nc3ccc(Br)cc3C)n2)cc1. The molecule has 0 aliphatic carbocycles. The van der Waals surface area contributed by atoms with E-state index in [2.05, 4.69) is 80.7 Å². The highest BCUT2D eigenvalue weighted by atomic mass is 79.9. The third-order valence-corrected chi connectivity index (χ3v) is 4.38. The van der Waals surface area contributed by atoms with Crippen LogP contribution in [0.15, 0.2) is 53.0 Å². The zero-order chi connectivity index (χ0) is 17.8. The highest BCUT2D eigenvalue weighted by Crippen LogP contribution is 2.23. The molecule has 1 heterocycles. The van der Waals surface area contributed by atoms with Gasteiger partial charge in [0.25, 0.3) is 0 Å². The van der Waals surface area contributed by atoms with E-state index < -0.39 is 0 Å². The summed E-state index contributed by atoms with van der Waals surface area (Å²) in [6, 6.07) is 16.5. The quantitative estimate of drug-likeness (QED) is 0.595. The van der Waals surface area contributed by atoms with Crippen molar-refractivity contribution in [1.82, 2.24) is 9.97 Å². The molecule has 0 saturated heterocycles. The molecule has 0 unspecified atom stereocenters. The molecule has 0 atom stereocenters. The molecule has 0 saturated carbocycles. The van der Waals surface area contributed by atoms with Crippen LogP contribution in [0.1, 0.15) is 22.4 Å². The van der Waals surface area contributed by atoms with Gasteiger partial charge < -0.3 is 10.6 Å². The molecule has 0 amide bonds. The van der Waals surface area contributed by atoms with Crippen molar-refractivity contribution in [2.24, 2.45) is 0 Å². The number of nitrogens with one attached hydrogen (secondary N) is 2. The Kier molecular flexibility index (Phi) is 5.34. The van der Waals surface area contributed by atoms with E-state index in [4.69, 9.17) is 0 Å². The van der Waals surface area contributed by atoms with Crippen molar-refractivity contribution in [3.8, 4) is 0 Å². The highest BCUT2D eigenvalue weighted by molar-refractivity contribution is 9.10. The lowest BCUT2D eigenvalue weighted by Gasteiger charge is -2.12. The Labute approximate surface area is 156 Å². The van der Waals surface area contributed by atoms with E-state index in [1.165, 1.54) is 11.1 Å². The number of nitrogens with zero attached hydrogens (tertiary/aromatic N) is 2. The Hall–Kier alpha value is -2.40. The number of halogens is 1. The molecule has 25 heavy (non-hydrogen) atoms. The molecule has 5 heteroatoms. The van der Waals surface area contributed by atoms with Gasteiger partial charge in [0.15, 0.2) is 0 Å². The maximum Gasteiger partial charge on any atom is 0.229 e. The molecule has 0 spiro atoms. The van der Waals surface area contributed by atoms with Crippen molar-refractivity contribution >= 4 is 33.4 Å². The van der Waals surface area contributed by atoms with Crippen LogP contribution in [0.5, 0.6) is 0 Å². The molecule has 3 rings (SSSR count). The molecule has 128 valence electrons. The lowest BCUT2D eigenvalue weighted by atomic mass is 10.1. The Bertz CT molecular complexity index is 875. The van der Waals surface area contributed by atoms with Crippen LogP contribution in [0.4, 0.5) is 17.5 Å². The summed E-state index contributed by atoms with van der Waals surface area (Å²) in [7, 11) is 0. The fourth-order valence-electron chi connectivity index (χ4n) is 2.50. The molecule has 0 aliphatic heterocycles. The predicted molar refractivity (Wildman–Crippen MR) is 107 cm³/mol. The first-order valence-electron chi connectivity index (χ1n) is 8.18. The summed E-state index contributed by atoms with van der Waals surface area (Å²) in [5.74, 6) is 1.40. The molecule has 0 fully saturated rings. The number of aromatic nitrogens is 2. The molecule has 3 aromatic rings. The minimum atomic E-state index is 0.594. The molecule has 1 aromatic heterocycles. The van der Waals surface area contributed by atoms with Crippen LogP contribution < -0.4 is 10.6 Å². The summed E-state index contributed by atoms with van der Waals surface area (Å²) in [4.78, 5) is 9.07. The number of hydrogen-bond acceptors (Lipinski definition) is 4. The topological polar surface area (TPSA) is 49.8 Å². The van der Waals surface area contributed by atoms with E-state index in [1.807, 2.05) is 25.1 Å². The van der Waals surface area contributed by atoms with E-state index in [-0.39, 0.29) is 0 Å². The van der Waals surface area contributed by atoms with E-state index in [1.54, 1.807) is 0 Å². The zero-order valence-corrected chi connectivity index (χ0v) is 16.2. The number of benzene rings is 2. The maximum atomic E-state index is 4.58. The average molecular weight is 397 g/mol. The van der Waals surface area contributed by atoms with Crippen LogP contribution >= 0.6 is 15.9 Å². The van der Waals surface area contributed by atoms with Gasteiger partial charge in [-0.1, -0.05) is 45.8 Å². The second-order valence-electron chi connectivity index (χ2n) is 6.14. The van der Waals surface area contributed by atoms with Gasteiger partial charge in [-0.05, 0) is 50.1 Å². The highest BCUT2D eigenvalue weighted by Gasteiger charge is 2.05. The van der Waals surface area contributed by atoms with Gasteiger partial charge in [0.1, 0.15) is 5.82 Å². The zero-order valence-electron chi connectivity index (χ0n) is 14.6. The smallest absolute Gasteiger partial charge is 0.229 e. The van der Waals surface area contributed by atoms with Crippen molar-refractivity contribution in [2.75, 3.05) is 10.6 Å². The maximum absolute atomic E-state index is 4.58. The van der Waals surface area contributed by atoms with E-state index in [9.17, 15) is 0 Å². The minimum absolute atomic E-state index is 0.594. The molecule has 0 aliphatic rings. The first-order chi connectivity index (χ1) is 12.0. The van der Waals surface area contributed by atoms with Crippen LogP contribution in [0.2, 0.25) is 0 Å². The second kappa shape index (κ2) is 7.66. The Morgan fingerprint density at radius 2 is 1.68 bits per heavy atom. The van der Waals surface area contributed by atoms with E-state index >= 15 is 0 Å². The van der Waals surface area contributed by atoms with Crippen molar-refractivity contribution < 1.29 is 0 Å². The standard InChI is InChI=1S/C20H21BrN4/c1-13-4-6-16(7-5-13)12-22-19-11-15(3)23-20(25-19)24-18-9-8-17(21)10-14(18)2/h4-11H,12H2,1-3H3,(H2,22,23,24,25). The van der Waals surface area contributed by atoms with Gasteiger partial charge in [0.05, 0.1) is 0 Å². The Morgan fingerprint density at radius 3 is 2.40 bits per heavy atom. The molecule has 2 aromatic carbocycles. The summed E-state index contributed by atoms with van der Waals surface area (Å²) in [6.07, 6.45) is 0. The predicted octanol–water partition coefficient (Wildman–Crippen LogP) is 5.52. The molecule has 4 nitrogen and oxygen atoms in total. The summed E-state index contributed by atoms with van der Waals surface area (Å²) in [6.45, 7) is 6.85. The summed E-state index contributed by atoms with van der Waals surface area (Å²) < 4.78 is 1.06. The van der Waals surface area contributed by atoms with Crippen molar-refractivity contribution in [3.63, 3.8) is 0 Å². The van der Waals surface area contributed by atoms with Crippen LogP contribution in [0, 0.1) is 20.8 Å². The lowest BCUT2D eigenvalue weighted by molar-refractivity contribution is 1.06. The van der Waals surface area contributed by atoms with E-state index in [0.29, 0.717) is 5.95 Å². The van der Waals surface area contributed by atoms with E-state index in [0.717, 1.165) is 33.8 Å². The molecular formula is C20H21BrN4. The molecule has 2 N–H and O–H groups in total. The fourth-order valence-corrected chi connectivity index (χ4v) is 2.98. The van der Waals surface area contributed by atoms with Crippen LogP contribution in [0.3, 0.4) is 0 Å². The van der Waals surface area contributed by atoms with Crippen molar-refractivity contribution in [1.29, 1.82) is 0 Å². The summed E-state index contributed by atoms with van der Waals surface area (Å²) in [5.41, 5.74) is 5.53. The molecule has 0 radical (unpaired) electrons. The first-order valence-corrected chi connectivity index (χ1v) is 8.97. The third kappa shape index (κ3) is 4.79. The van der Waals surface area contributed by atoms with Gasteiger partial charge >= 0.3 is 0 Å². The van der Waals surface area contributed by atoms with Gasteiger partial charge in [0.2, 0.25) is 5.95 Å². The van der Waals surface area contributed by atoms with Crippen LogP contribution in [-0.2, 0) is 6.54 Å². The number of hydrogen-bond donors (Lipinski definition) is 2. The van der Waals surface area contributed by atoms with Gasteiger partial charge in [-0.15, -0.1) is 0 Å². The largest absolute Gasteiger partial charge is 0.366 e. The lowest BCUT2D eigenvalue weighted by Crippen LogP contribution is -2.06. The van der Waals surface area contributed by atoms with Gasteiger partial charge in [-0.3, -0.25) is 0 Å². The average Bonchev–Trinajstić information content (AvgIpc) is 2.56. The van der Waals surface area contributed by atoms with Crippen molar-refractivity contribution in [3.05, 3.63) is 75.4 Å². The van der Waals surface area contributed by atoms with Crippen LogP contribution in [0.25, 0.3) is 0 Å².